The molecule has 1 fully saturated rings. The van der Waals surface area contributed by atoms with Gasteiger partial charge in [0.1, 0.15) is 0 Å². The average Bonchev–Trinajstić information content (AvgIpc) is 2.64. The highest BCUT2D eigenvalue weighted by Crippen LogP contribution is 2.21. The zero-order chi connectivity index (χ0) is 18.1. The van der Waals surface area contributed by atoms with Gasteiger partial charge in [-0.15, -0.1) is 0 Å². The first-order chi connectivity index (χ1) is 12.2. The highest BCUT2D eigenvalue weighted by molar-refractivity contribution is 8.00. The van der Waals surface area contributed by atoms with E-state index >= 15 is 0 Å². The van der Waals surface area contributed by atoms with Crippen LogP contribution in [0.3, 0.4) is 0 Å². The molecule has 5 nitrogen and oxygen atoms in total. The van der Waals surface area contributed by atoms with E-state index in [9.17, 15) is 4.79 Å². The topological polar surface area (TPSA) is 56.7 Å². The Morgan fingerprint density at radius 1 is 1.32 bits per heavy atom. The van der Waals surface area contributed by atoms with Crippen molar-refractivity contribution in [2.75, 3.05) is 31.2 Å². The Hall–Kier alpha value is -1.69. The predicted molar refractivity (Wildman–Crippen MR) is 108 cm³/mol. The summed E-state index contributed by atoms with van der Waals surface area (Å²) in [5, 5.41) is 7.07. The molecule has 2 rings (SSSR count). The van der Waals surface area contributed by atoms with Gasteiger partial charge >= 0.3 is 0 Å². The van der Waals surface area contributed by atoms with Gasteiger partial charge < -0.3 is 15.5 Å². The molecule has 1 amide bonds. The number of anilines is 1. The number of rotatable bonds is 6. The van der Waals surface area contributed by atoms with Crippen LogP contribution in [0.2, 0.25) is 0 Å². The number of nitrogens with zero attached hydrogens (tertiary/aromatic N) is 2. The average molecular weight is 363 g/mol. The second-order valence-electron chi connectivity index (χ2n) is 6.24. The van der Waals surface area contributed by atoms with Gasteiger partial charge in [0.25, 0.3) is 0 Å². The first-order valence-corrected chi connectivity index (χ1v) is 10.2. The molecule has 0 bridgehead atoms. The smallest absolute Gasteiger partial charge is 0.224 e. The lowest BCUT2D eigenvalue weighted by atomic mass is 10.2. The fourth-order valence-corrected chi connectivity index (χ4v) is 4.01. The van der Waals surface area contributed by atoms with Gasteiger partial charge in [0.15, 0.2) is 5.96 Å². The molecule has 25 heavy (non-hydrogen) atoms. The molecule has 0 spiro atoms. The second-order valence-corrected chi connectivity index (χ2v) is 7.65. The molecule has 6 heteroatoms. The van der Waals surface area contributed by atoms with E-state index in [-0.39, 0.29) is 5.91 Å². The fourth-order valence-electron chi connectivity index (χ4n) is 2.83. The van der Waals surface area contributed by atoms with Crippen LogP contribution in [-0.4, -0.2) is 47.9 Å². The normalized spacial score (nSPS) is 18.1. The Morgan fingerprint density at radius 3 is 2.72 bits per heavy atom. The van der Waals surface area contributed by atoms with Crippen LogP contribution in [0.1, 0.15) is 38.7 Å². The Balaban J connectivity index is 1.86. The van der Waals surface area contributed by atoms with Crippen LogP contribution in [0.15, 0.2) is 29.3 Å². The van der Waals surface area contributed by atoms with Gasteiger partial charge in [0, 0.05) is 49.8 Å². The maximum absolute atomic E-state index is 11.6. The van der Waals surface area contributed by atoms with Crippen molar-refractivity contribution >= 4 is 29.3 Å². The van der Waals surface area contributed by atoms with Gasteiger partial charge in [-0.2, -0.15) is 11.8 Å². The summed E-state index contributed by atoms with van der Waals surface area (Å²) in [6.07, 6.45) is 2.62. The first-order valence-electron chi connectivity index (χ1n) is 9.12. The van der Waals surface area contributed by atoms with Crippen LogP contribution in [0.25, 0.3) is 0 Å². The monoisotopic (exact) mass is 362 g/mol. The van der Waals surface area contributed by atoms with Crippen molar-refractivity contribution < 1.29 is 4.79 Å². The van der Waals surface area contributed by atoms with Gasteiger partial charge in [-0.25, -0.2) is 0 Å². The number of carbonyl (C=O) groups is 1. The van der Waals surface area contributed by atoms with Gasteiger partial charge in [-0.1, -0.05) is 26.0 Å². The molecule has 1 aliphatic rings. The standard InChI is InChI=1S/C19H30N4OS/c1-4-6-18(24)22-16-9-7-15(8-10-16)13-21-19(20-3)23-11-12-25-17(5-2)14-23/h7-10,17H,4-6,11-14H2,1-3H3,(H,20,21)(H,22,24). The van der Waals surface area contributed by atoms with Gasteiger partial charge in [-0.3, -0.25) is 9.79 Å². The quantitative estimate of drug-likeness (QED) is 0.602. The number of guanidine groups is 1. The molecule has 1 atom stereocenters. The van der Waals surface area contributed by atoms with E-state index in [0.29, 0.717) is 11.7 Å². The van der Waals surface area contributed by atoms with Crippen LogP contribution in [0.5, 0.6) is 0 Å². The summed E-state index contributed by atoms with van der Waals surface area (Å²) in [7, 11) is 1.84. The molecule has 1 aromatic carbocycles. The number of carbonyl (C=O) groups excluding carboxylic acids is 1. The molecule has 1 aromatic rings. The van der Waals surface area contributed by atoms with E-state index in [1.807, 2.05) is 38.2 Å². The van der Waals surface area contributed by atoms with E-state index < -0.39 is 0 Å². The Kier molecular flexibility index (Phi) is 8.12. The largest absolute Gasteiger partial charge is 0.352 e. The highest BCUT2D eigenvalue weighted by Gasteiger charge is 2.21. The third kappa shape index (κ3) is 6.27. The number of nitrogens with one attached hydrogen (secondary N) is 2. The third-order valence-corrected chi connectivity index (χ3v) is 5.64. The lowest BCUT2D eigenvalue weighted by molar-refractivity contribution is -0.116. The predicted octanol–water partition coefficient (Wildman–Crippen LogP) is 3.33. The van der Waals surface area contributed by atoms with Crippen molar-refractivity contribution in [3.05, 3.63) is 29.8 Å². The summed E-state index contributed by atoms with van der Waals surface area (Å²) >= 11 is 2.06. The van der Waals surface area contributed by atoms with Crippen molar-refractivity contribution in [2.45, 2.75) is 44.9 Å². The summed E-state index contributed by atoms with van der Waals surface area (Å²) in [6.45, 7) is 7.09. The van der Waals surface area contributed by atoms with E-state index in [1.165, 1.54) is 12.0 Å². The van der Waals surface area contributed by atoms with Crippen molar-refractivity contribution in [1.82, 2.24) is 10.2 Å². The minimum atomic E-state index is 0.0715. The highest BCUT2D eigenvalue weighted by atomic mass is 32.2. The molecular formula is C19H30N4OS. The SMILES string of the molecule is CCCC(=O)Nc1ccc(CNC(=NC)N2CCSC(CC)C2)cc1. The van der Waals surface area contributed by atoms with Crippen LogP contribution < -0.4 is 10.6 Å². The molecule has 1 unspecified atom stereocenters. The number of benzene rings is 1. The van der Waals surface area contributed by atoms with Gasteiger partial charge in [0.05, 0.1) is 0 Å². The maximum Gasteiger partial charge on any atom is 0.224 e. The second kappa shape index (κ2) is 10.3. The summed E-state index contributed by atoms with van der Waals surface area (Å²) in [4.78, 5) is 18.4. The lowest BCUT2D eigenvalue weighted by Crippen LogP contribution is -2.47. The zero-order valence-electron chi connectivity index (χ0n) is 15.5. The zero-order valence-corrected chi connectivity index (χ0v) is 16.4. The molecule has 1 aliphatic heterocycles. The summed E-state index contributed by atoms with van der Waals surface area (Å²) in [5.41, 5.74) is 2.03. The number of thioether (sulfide) groups is 1. The van der Waals surface area contributed by atoms with E-state index in [1.54, 1.807) is 0 Å². The number of amides is 1. The minimum Gasteiger partial charge on any atom is -0.352 e. The van der Waals surface area contributed by atoms with Crippen molar-refractivity contribution in [1.29, 1.82) is 0 Å². The van der Waals surface area contributed by atoms with Gasteiger partial charge in [-0.05, 0) is 30.5 Å². The summed E-state index contributed by atoms with van der Waals surface area (Å²) in [6, 6.07) is 8.00. The van der Waals surface area contributed by atoms with Crippen molar-refractivity contribution in [2.24, 2.45) is 4.99 Å². The molecule has 1 saturated heterocycles. The summed E-state index contributed by atoms with van der Waals surface area (Å²) < 4.78 is 0. The number of hydrogen-bond donors (Lipinski definition) is 2. The molecule has 2 N–H and O–H groups in total. The van der Waals surface area contributed by atoms with Crippen LogP contribution >= 0.6 is 11.8 Å². The van der Waals surface area contributed by atoms with E-state index in [4.69, 9.17) is 0 Å². The van der Waals surface area contributed by atoms with Crippen LogP contribution in [-0.2, 0) is 11.3 Å². The molecule has 0 saturated carbocycles. The minimum absolute atomic E-state index is 0.0715. The molecule has 0 radical (unpaired) electrons. The van der Waals surface area contributed by atoms with Crippen molar-refractivity contribution in [3.8, 4) is 0 Å². The molecular weight excluding hydrogens is 332 g/mol. The van der Waals surface area contributed by atoms with E-state index in [0.717, 1.165) is 43.5 Å². The van der Waals surface area contributed by atoms with Crippen molar-refractivity contribution in [3.63, 3.8) is 0 Å². The lowest BCUT2D eigenvalue weighted by Gasteiger charge is -2.34. The Morgan fingerprint density at radius 2 is 2.08 bits per heavy atom. The number of hydrogen-bond acceptors (Lipinski definition) is 3. The number of aliphatic imine (C=N–C) groups is 1. The van der Waals surface area contributed by atoms with Crippen LogP contribution in [0.4, 0.5) is 5.69 Å². The third-order valence-electron chi connectivity index (χ3n) is 4.27. The van der Waals surface area contributed by atoms with E-state index in [2.05, 4.69) is 39.2 Å². The molecule has 138 valence electrons. The maximum atomic E-state index is 11.6. The molecule has 0 aromatic heterocycles. The molecule has 0 aliphatic carbocycles. The van der Waals surface area contributed by atoms with Gasteiger partial charge in [0.2, 0.25) is 5.91 Å². The summed E-state index contributed by atoms with van der Waals surface area (Å²) in [5.74, 6) is 2.20. The molecule has 1 heterocycles. The fraction of sp³-hybridized carbons (Fsp3) is 0.579. The first kappa shape index (κ1) is 19.6. The van der Waals surface area contributed by atoms with Crippen LogP contribution in [0, 0.1) is 0 Å². The Labute approximate surface area is 155 Å². The Bertz CT molecular complexity index is 573.